The fourth-order valence-corrected chi connectivity index (χ4v) is 4.85. The molecule has 1 aliphatic carbocycles. The van der Waals surface area contributed by atoms with Gasteiger partial charge in [0, 0.05) is 12.0 Å². The molecule has 0 bridgehead atoms. The van der Waals surface area contributed by atoms with E-state index in [0.29, 0.717) is 30.4 Å². The lowest BCUT2D eigenvalue weighted by molar-refractivity contribution is -0.123. The molecule has 2 fully saturated rings. The SMILES string of the molecule is CCCc1cc(C2CCCCCC2)ccc1OCCCOc1cccc(C2OC(=O)NC2=O)c1. The summed E-state index contributed by atoms with van der Waals surface area (Å²) in [5.74, 6) is 1.85. The first kappa shape index (κ1) is 24.1. The van der Waals surface area contributed by atoms with Crippen LogP contribution in [0.2, 0.25) is 0 Å². The highest BCUT2D eigenvalue weighted by Crippen LogP contribution is 2.34. The van der Waals surface area contributed by atoms with Crippen LogP contribution >= 0.6 is 0 Å². The third-order valence-corrected chi connectivity index (χ3v) is 6.59. The van der Waals surface area contributed by atoms with E-state index in [0.717, 1.165) is 25.0 Å². The van der Waals surface area contributed by atoms with Gasteiger partial charge in [-0.3, -0.25) is 10.1 Å². The number of nitrogens with one attached hydrogen (secondary N) is 1. The van der Waals surface area contributed by atoms with E-state index < -0.39 is 18.1 Å². The Morgan fingerprint density at radius 3 is 2.47 bits per heavy atom. The van der Waals surface area contributed by atoms with Crippen molar-refractivity contribution in [1.29, 1.82) is 0 Å². The second-order valence-electron chi connectivity index (χ2n) is 9.20. The van der Waals surface area contributed by atoms with Crippen molar-refractivity contribution < 1.29 is 23.8 Å². The number of carbonyl (C=O) groups is 2. The molecule has 182 valence electrons. The number of imide groups is 1. The predicted octanol–water partition coefficient (Wildman–Crippen LogP) is 6.23. The summed E-state index contributed by atoms with van der Waals surface area (Å²) >= 11 is 0. The van der Waals surface area contributed by atoms with Crippen LogP contribution in [-0.2, 0) is 16.0 Å². The van der Waals surface area contributed by atoms with Gasteiger partial charge in [0.2, 0.25) is 6.10 Å². The largest absolute Gasteiger partial charge is 0.493 e. The minimum absolute atomic E-state index is 0.455. The van der Waals surface area contributed by atoms with Crippen molar-refractivity contribution in [3.63, 3.8) is 0 Å². The number of cyclic esters (lactones) is 1. The Kier molecular flexibility index (Phi) is 8.45. The van der Waals surface area contributed by atoms with E-state index in [2.05, 4.69) is 30.4 Å². The van der Waals surface area contributed by atoms with Gasteiger partial charge in [-0.25, -0.2) is 4.79 Å². The topological polar surface area (TPSA) is 73.9 Å². The van der Waals surface area contributed by atoms with Crippen molar-refractivity contribution in [3.8, 4) is 11.5 Å². The first-order chi connectivity index (χ1) is 16.6. The zero-order chi connectivity index (χ0) is 23.8. The summed E-state index contributed by atoms with van der Waals surface area (Å²) in [7, 11) is 0. The second kappa shape index (κ2) is 11.9. The van der Waals surface area contributed by atoms with Gasteiger partial charge in [-0.1, -0.05) is 63.3 Å². The number of hydrogen-bond donors (Lipinski definition) is 1. The molecule has 6 nitrogen and oxygen atoms in total. The van der Waals surface area contributed by atoms with Crippen molar-refractivity contribution in [1.82, 2.24) is 5.32 Å². The Labute approximate surface area is 202 Å². The fraction of sp³-hybridized carbons (Fsp3) is 0.500. The highest BCUT2D eigenvalue weighted by Gasteiger charge is 2.33. The number of carbonyl (C=O) groups excluding carboxylic acids is 2. The van der Waals surface area contributed by atoms with Crippen LogP contribution in [0.4, 0.5) is 4.79 Å². The number of rotatable bonds is 10. The summed E-state index contributed by atoms with van der Waals surface area (Å²) in [5.41, 5.74) is 3.37. The third kappa shape index (κ3) is 6.31. The van der Waals surface area contributed by atoms with Crippen molar-refractivity contribution in [3.05, 3.63) is 59.2 Å². The van der Waals surface area contributed by atoms with Gasteiger partial charge in [0.15, 0.2) is 0 Å². The molecule has 1 saturated heterocycles. The minimum atomic E-state index is -0.919. The summed E-state index contributed by atoms with van der Waals surface area (Å²) in [4.78, 5) is 23.1. The summed E-state index contributed by atoms with van der Waals surface area (Å²) in [5, 5.41) is 2.14. The molecule has 34 heavy (non-hydrogen) atoms. The zero-order valence-corrected chi connectivity index (χ0v) is 20.0. The van der Waals surface area contributed by atoms with E-state index in [-0.39, 0.29) is 0 Å². The van der Waals surface area contributed by atoms with E-state index in [1.807, 2.05) is 6.07 Å². The monoisotopic (exact) mass is 465 g/mol. The van der Waals surface area contributed by atoms with E-state index in [9.17, 15) is 9.59 Å². The highest BCUT2D eigenvalue weighted by atomic mass is 16.6. The lowest BCUT2D eigenvalue weighted by atomic mass is 9.90. The first-order valence-electron chi connectivity index (χ1n) is 12.6. The maximum absolute atomic E-state index is 11.8. The standard InChI is InChI=1S/C28H35NO5/c1-2-9-22-18-21(20-10-5-3-4-6-11-20)14-15-25(22)33-17-8-16-32-24-13-7-12-23(19-24)26-27(30)29-28(31)34-26/h7,12-15,18-20,26H,2-6,8-11,16-17H2,1H3,(H,29,30,31). The van der Waals surface area contributed by atoms with Gasteiger partial charge in [0.1, 0.15) is 11.5 Å². The lowest BCUT2D eigenvalue weighted by Crippen LogP contribution is -2.20. The first-order valence-corrected chi connectivity index (χ1v) is 12.6. The Balaban J connectivity index is 1.27. The van der Waals surface area contributed by atoms with Crippen molar-refractivity contribution in [2.24, 2.45) is 0 Å². The molecule has 0 aromatic heterocycles. The van der Waals surface area contributed by atoms with Crippen LogP contribution in [0.1, 0.15) is 87.0 Å². The maximum atomic E-state index is 11.8. The quantitative estimate of drug-likeness (QED) is 0.332. The molecule has 4 rings (SSSR count). The molecular formula is C28H35NO5. The molecule has 6 heteroatoms. The van der Waals surface area contributed by atoms with Crippen molar-refractivity contribution in [2.75, 3.05) is 13.2 Å². The number of ether oxygens (including phenoxy) is 3. The van der Waals surface area contributed by atoms with Gasteiger partial charge in [0.25, 0.3) is 5.91 Å². The molecule has 2 aromatic rings. The van der Waals surface area contributed by atoms with Gasteiger partial charge in [-0.05, 0) is 54.5 Å². The number of benzene rings is 2. The number of hydrogen-bond acceptors (Lipinski definition) is 5. The Hall–Kier alpha value is -3.02. The Bertz CT molecular complexity index is 981. The molecule has 2 aromatic carbocycles. The number of alkyl carbamates (subject to hydrolysis) is 1. The Morgan fingerprint density at radius 1 is 0.941 bits per heavy atom. The van der Waals surface area contributed by atoms with Gasteiger partial charge in [-0.2, -0.15) is 0 Å². The molecule has 2 aliphatic rings. The molecule has 1 atom stereocenters. The van der Waals surface area contributed by atoms with Gasteiger partial charge < -0.3 is 14.2 Å². The molecule has 1 aliphatic heterocycles. The maximum Gasteiger partial charge on any atom is 0.415 e. The van der Waals surface area contributed by atoms with Crippen molar-refractivity contribution in [2.45, 2.75) is 76.7 Å². The normalized spacial score (nSPS) is 18.8. The summed E-state index contributed by atoms with van der Waals surface area (Å²) in [6, 6.07) is 13.9. The van der Waals surface area contributed by atoms with Crippen LogP contribution in [0, 0.1) is 0 Å². The van der Waals surface area contributed by atoms with E-state index in [4.69, 9.17) is 14.2 Å². The van der Waals surface area contributed by atoms with Crippen LogP contribution in [0.5, 0.6) is 11.5 Å². The molecule has 0 spiro atoms. The molecule has 1 unspecified atom stereocenters. The lowest BCUT2D eigenvalue weighted by Gasteiger charge is -2.18. The summed E-state index contributed by atoms with van der Waals surface area (Å²) < 4.78 is 17.0. The van der Waals surface area contributed by atoms with E-state index in [1.54, 1.807) is 18.2 Å². The van der Waals surface area contributed by atoms with E-state index in [1.165, 1.54) is 49.7 Å². The van der Waals surface area contributed by atoms with Crippen LogP contribution in [0.25, 0.3) is 0 Å². The van der Waals surface area contributed by atoms with Gasteiger partial charge in [0.05, 0.1) is 13.2 Å². The van der Waals surface area contributed by atoms with Crippen LogP contribution < -0.4 is 14.8 Å². The number of amides is 2. The third-order valence-electron chi connectivity index (χ3n) is 6.59. The highest BCUT2D eigenvalue weighted by molar-refractivity contribution is 6.00. The average molecular weight is 466 g/mol. The van der Waals surface area contributed by atoms with Crippen LogP contribution in [0.3, 0.4) is 0 Å². The van der Waals surface area contributed by atoms with Gasteiger partial charge in [-0.15, -0.1) is 0 Å². The van der Waals surface area contributed by atoms with E-state index >= 15 is 0 Å². The predicted molar refractivity (Wildman–Crippen MR) is 130 cm³/mol. The summed E-state index contributed by atoms with van der Waals surface area (Å²) in [6.07, 6.45) is 9.25. The molecular weight excluding hydrogens is 430 g/mol. The molecule has 1 heterocycles. The average Bonchev–Trinajstić information content (AvgIpc) is 3.02. The molecule has 1 saturated carbocycles. The second-order valence-corrected chi connectivity index (χ2v) is 9.20. The molecule has 0 radical (unpaired) electrons. The Morgan fingerprint density at radius 2 is 1.74 bits per heavy atom. The van der Waals surface area contributed by atoms with Gasteiger partial charge >= 0.3 is 6.09 Å². The van der Waals surface area contributed by atoms with Crippen molar-refractivity contribution >= 4 is 12.0 Å². The molecule has 1 N–H and O–H groups in total. The smallest absolute Gasteiger partial charge is 0.415 e. The summed E-state index contributed by atoms with van der Waals surface area (Å²) in [6.45, 7) is 3.27. The van der Waals surface area contributed by atoms with Crippen LogP contribution in [0.15, 0.2) is 42.5 Å². The van der Waals surface area contributed by atoms with Crippen LogP contribution in [-0.4, -0.2) is 25.2 Å². The number of aryl methyl sites for hydroxylation is 1. The minimum Gasteiger partial charge on any atom is -0.493 e. The molecule has 2 amide bonds. The zero-order valence-electron chi connectivity index (χ0n) is 20.0. The fourth-order valence-electron chi connectivity index (χ4n) is 4.85.